The highest BCUT2D eigenvalue weighted by Crippen LogP contribution is 2.27. The minimum atomic E-state index is -4.12. The summed E-state index contributed by atoms with van der Waals surface area (Å²) in [7, 11) is -2.63. The van der Waals surface area contributed by atoms with Crippen LogP contribution in [-0.2, 0) is 16.7 Å². The Hall–Kier alpha value is -3.39. The van der Waals surface area contributed by atoms with Gasteiger partial charge in [0.25, 0.3) is 5.91 Å². The Balaban J connectivity index is 1.91. The van der Waals surface area contributed by atoms with Gasteiger partial charge in [-0.15, -0.1) is 0 Å². The molecule has 0 heterocycles. The number of carbonyl (C=O) groups is 1. The number of rotatable bonds is 9. The first kappa shape index (κ1) is 24.3. The summed E-state index contributed by atoms with van der Waals surface area (Å²) < 4.78 is 50.5. The Bertz CT molecular complexity index is 1210. The lowest BCUT2D eigenvalue weighted by atomic mass is 10.1. The second-order valence-corrected chi connectivity index (χ2v) is 9.04. The van der Waals surface area contributed by atoms with Crippen LogP contribution in [0.15, 0.2) is 77.7 Å². The lowest BCUT2D eigenvalue weighted by Gasteiger charge is -2.29. The molecule has 1 amide bonds. The maximum Gasteiger partial charge on any atom is 0.339 e. The average molecular weight is 472 g/mol. The van der Waals surface area contributed by atoms with Crippen molar-refractivity contribution in [2.45, 2.75) is 37.8 Å². The first-order chi connectivity index (χ1) is 15.8. The zero-order chi connectivity index (χ0) is 24.0. The zero-order valence-electron chi connectivity index (χ0n) is 18.7. The van der Waals surface area contributed by atoms with Crippen LogP contribution in [0, 0.1) is 5.82 Å². The topological polar surface area (TPSA) is 72.9 Å². The Kier molecular flexibility index (Phi) is 7.71. The van der Waals surface area contributed by atoms with Crippen molar-refractivity contribution in [2.24, 2.45) is 0 Å². The molecule has 174 valence electrons. The Morgan fingerprint density at radius 2 is 1.64 bits per heavy atom. The van der Waals surface area contributed by atoms with Crippen molar-refractivity contribution in [2.75, 3.05) is 7.11 Å². The molecule has 0 saturated heterocycles. The molecule has 0 aliphatic rings. The second kappa shape index (κ2) is 10.5. The van der Waals surface area contributed by atoms with Crippen LogP contribution >= 0.6 is 0 Å². The van der Waals surface area contributed by atoms with Crippen LogP contribution in [0.2, 0.25) is 0 Å². The fourth-order valence-electron chi connectivity index (χ4n) is 3.25. The van der Waals surface area contributed by atoms with Crippen LogP contribution < -0.4 is 8.92 Å². The van der Waals surface area contributed by atoms with Crippen LogP contribution in [0.5, 0.6) is 11.5 Å². The lowest BCUT2D eigenvalue weighted by Crippen LogP contribution is -2.38. The molecule has 33 heavy (non-hydrogen) atoms. The van der Waals surface area contributed by atoms with Gasteiger partial charge in [0.1, 0.15) is 22.2 Å². The third kappa shape index (κ3) is 5.70. The van der Waals surface area contributed by atoms with Gasteiger partial charge in [0.2, 0.25) is 0 Å². The van der Waals surface area contributed by atoms with Gasteiger partial charge in [0.15, 0.2) is 0 Å². The number of carbonyl (C=O) groups excluding carboxylic acids is 1. The van der Waals surface area contributed by atoms with E-state index in [0.29, 0.717) is 17.7 Å². The molecule has 3 aromatic rings. The maximum absolute atomic E-state index is 14.3. The minimum absolute atomic E-state index is 0.0284. The third-order valence-corrected chi connectivity index (χ3v) is 6.60. The van der Waals surface area contributed by atoms with Gasteiger partial charge in [-0.1, -0.05) is 37.3 Å². The van der Waals surface area contributed by atoms with Gasteiger partial charge < -0.3 is 13.8 Å². The zero-order valence-corrected chi connectivity index (χ0v) is 19.5. The number of hydrogen-bond acceptors (Lipinski definition) is 5. The molecule has 1 unspecified atom stereocenters. The summed E-state index contributed by atoms with van der Waals surface area (Å²) in [5.41, 5.74) is 0.446. The van der Waals surface area contributed by atoms with E-state index in [2.05, 4.69) is 0 Å². The van der Waals surface area contributed by atoms with Crippen LogP contribution in [0.4, 0.5) is 4.39 Å². The molecule has 3 rings (SSSR count). The van der Waals surface area contributed by atoms with Crippen LogP contribution in [0.3, 0.4) is 0 Å². The Morgan fingerprint density at radius 1 is 1.00 bits per heavy atom. The molecule has 0 aliphatic heterocycles. The van der Waals surface area contributed by atoms with Gasteiger partial charge in [0, 0.05) is 18.2 Å². The summed E-state index contributed by atoms with van der Waals surface area (Å²) in [6.45, 7) is 3.83. The number of hydrogen-bond donors (Lipinski definition) is 0. The quantitative estimate of drug-likeness (QED) is 0.409. The van der Waals surface area contributed by atoms with E-state index < -0.39 is 21.8 Å². The highest BCUT2D eigenvalue weighted by molar-refractivity contribution is 7.87. The highest BCUT2D eigenvalue weighted by atomic mass is 32.2. The Labute approximate surface area is 193 Å². The molecule has 1 atom stereocenters. The normalized spacial score (nSPS) is 12.1. The van der Waals surface area contributed by atoms with Crippen molar-refractivity contribution in [1.82, 2.24) is 4.90 Å². The number of methoxy groups -OCH3 is 1. The molecule has 0 aromatic heterocycles. The van der Waals surface area contributed by atoms with Crippen LogP contribution in [-0.4, -0.2) is 32.4 Å². The number of nitrogens with zero attached hydrogens (tertiary/aromatic N) is 1. The van der Waals surface area contributed by atoms with Gasteiger partial charge in [-0.05, 0) is 55.8 Å². The highest BCUT2D eigenvalue weighted by Gasteiger charge is 2.25. The summed E-state index contributed by atoms with van der Waals surface area (Å²) in [5, 5.41) is 0. The fourth-order valence-corrected chi connectivity index (χ4v) is 4.21. The lowest BCUT2D eigenvalue weighted by molar-refractivity contribution is 0.0666. The first-order valence-electron chi connectivity index (χ1n) is 10.5. The summed E-state index contributed by atoms with van der Waals surface area (Å²) in [6, 6.07) is 18.0. The van der Waals surface area contributed by atoms with E-state index in [0.717, 1.165) is 0 Å². The van der Waals surface area contributed by atoms with Crippen molar-refractivity contribution >= 4 is 16.0 Å². The fraction of sp³-hybridized carbons (Fsp3) is 0.240. The number of para-hydroxylation sites is 1. The van der Waals surface area contributed by atoms with Crippen LogP contribution in [0.25, 0.3) is 0 Å². The van der Waals surface area contributed by atoms with Gasteiger partial charge in [-0.3, -0.25) is 4.79 Å². The van der Waals surface area contributed by atoms with Crippen LogP contribution in [0.1, 0.15) is 36.2 Å². The van der Waals surface area contributed by atoms with Crippen molar-refractivity contribution in [1.29, 1.82) is 0 Å². The van der Waals surface area contributed by atoms with Crippen molar-refractivity contribution in [3.8, 4) is 11.5 Å². The molecular formula is C25H26FNO5S. The summed E-state index contributed by atoms with van der Waals surface area (Å²) in [6.07, 6.45) is 0.632. The smallest absolute Gasteiger partial charge is 0.339 e. The predicted molar refractivity (Wildman–Crippen MR) is 123 cm³/mol. The molecule has 0 saturated carbocycles. The van der Waals surface area contributed by atoms with Gasteiger partial charge >= 0.3 is 10.1 Å². The molecule has 0 spiro atoms. The molecule has 3 aromatic carbocycles. The maximum atomic E-state index is 14.3. The Morgan fingerprint density at radius 3 is 2.27 bits per heavy atom. The molecule has 6 nitrogen and oxygen atoms in total. The first-order valence-corrected chi connectivity index (χ1v) is 11.9. The number of amides is 1. The van der Waals surface area contributed by atoms with Crippen molar-refractivity contribution in [3.05, 3.63) is 89.7 Å². The monoisotopic (exact) mass is 471 g/mol. The van der Waals surface area contributed by atoms with Crippen molar-refractivity contribution in [3.63, 3.8) is 0 Å². The predicted octanol–water partition coefficient (Wildman–Crippen LogP) is 5.04. The number of benzene rings is 3. The standard InChI is InChI=1S/C25H26FNO5S/c1-4-18(2)27(25(28)22-10-6-7-11-23(22)26)17-19-9-5-8-12-24(19)32-33(29,30)21-15-13-20(31-3)14-16-21/h5-16,18H,4,17H2,1-3H3. The number of halogens is 1. The third-order valence-electron chi connectivity index (χ3n) is 5.35. The van der Waals surface area contributed by atoms with Gasteiger partial charge in [-0.2, -0.15) is 8.42 Å². The van der Waals surface area contributed by atoms with E-state index in [1.807, 2.05) is 13.8 Å². The van der Waals surface area contributed by atoms with Gasteiger partial charge in [0.05, 0.1) is 12.7 Å². The molecule has 0 aliphatic carbocycles. The van der Waals surface area contributed by atoms with E-state index in [1.54, 1.807) is 24.3 Å². The molecule has 8 heteroatoms. The number of ether oxygens (including phenoxy) is 1. The molecule has 0 bridgehead atoms. The molecule has 0 fully saturated rings. The van der Waals surface area contributed by atoms with E-state index >= 15 is 0 Å². The second-order valence-electron chi connectivity index (χ2n) is 7.49. The van der Waals surface area contributed by atoms with E-state index in [-0.39, 0.29) is 28.8 Å². The summed E-state index contributed by atoms with van der Waals surface area (Å²) >= 11 is 0. The molecular weight excluding hydrogens is 445 g/mol. The van der Waals surface area contributed by atoms with Gasteiger partial charge in [-0.25, -0.2) is 4.39 Å². The summed E-state index contributed by atoms with van der Waals surface area (Å²) in [4.78, 5) is 14.6. The molecule has 0 radical (unpaired) electrons. The molecule has 0 N–H and O–H groups in total. The largest absolute Gasteiger partial charge is 0.497 e. The van der Waals surface area contributed by atoms with Crippen molar-refractivity contribution < 1.29 is 26.5 Å². The SMILES string of the molecule is CCC(C)N(Cc1ccccc1OS(=O)(=O)c1ccc(OC)cc1)C(=O)c1ccccc1F. The minimum Gasteiger partial charge on any atom is -0.497 e. The van der Waals surface area contributed by atoms with E-state index in [1.165, 1.54) is 60.5 Å². The average Bonchev–Trinajstić information content (AvgIpc) is 2.82. The van der Waals surface area contributed by atoms with E-state index in [4.69, 9.17) is 8.92 Å². The summed E-state index contributed by atoms with van der Waals surface area (Å²) in [5.74, 6) is -0.467. The van der Waals surface area contributed by atoms with E-state index in [9.17, 15) is 17.6 Å².